The monoisotopic (exact) mass is 350 g/mol. The third-order valence-electron chi connectivity index (χ3n) is 3.20. The first-order chi connectivity index (χ1) is 11.0. The molecule has 1 N–H and O–H groups in total. The van der Waals surface area contributed by atoms with Gasteiger partial charge in [0, 0.05) is 21.6 Å². The van der Waals surface area contributed by atoms with Gasteiger partial charge >= 0.3 is 5.97 Å². The lowest BCUT2D eigenvalue weighted by Gasteiger charge is -2.12. The molecule has 23 heavy (non-hydrogen) atoms. The maximum atomic E-state index is 11.1. The largest absolute Gasteiger partial charge is 0.497 e. The Morgan fingerprint density at radius 1 is 1.13 bits per heavy atom. The zero-order valence-electron chi connectivity index (χ0n) is 12.9. The van der Waals surface area contributed by atoms with Gasteiger partial charge in [-0.3, -0.25) is 4.79 Å². The molecule has 0 aromatic heterocycles. The maximum absolute atomic E-state index is 11.1. The lowest BCUT2D eigenvalue weighted by atomic mass is 10.1. The molecule has 0 atom stereocenters. The van der Waals surface area contributed by atoms with Gasteiger partial charge in [-0.15, -0.1) is 0 Å². The smallest absolute Gasteiger partial charge is 0.307 e. The van der Waals surface area contributed by atoms with Crippen molar-refractivity contribution in [2.24, 2.45) is 0 Å². The lowest BCUT2D eigenvalue weighted by molar-refractivity contribution is -0.136. The Kier molecular flexibility index (Phi) is 6.24. The van der Waals surface area contributed by atoms with E-state index in [-0.39, 0.29) is 6.42 Å². The minimum atomic E-state index is -0.855. The van der Waals surface area contributed by atoms with Crippen LogP contribution in [-0.2, 0) is 17.0 Å². The van der Waals surface area contributed by atoms with E-state index in [0.717, 1.165) is 20.9 Å². The van der Waals surface area contributed by atoms with Crippen LogP contribution >= 0.6 is 24.4 Å². The van der Waals surface area contributed by atoms with Crippen molar-refractivity contribution in [3.05, 3.63) is 47.5 Å². The molecule has 0 amide bonds. The number of carboxylic acid groups (broad SMARTS) is 1. The van der Waals surface area contributed by atoms with Gasteiger partial charge in [0.05, 0.1) is 20.6 Å². The van der Waals surface area contributed by atoms with Crippen LogP contribution in [0.25, 0.3) is 0 Å². The molecule has 0 bridgehead atoms. The number of rotatable bonds is 7. The number of methoxy groups -OCH3 is 2. The van der Waals surface area contributed by atoms with Gasteiger partial charge in [-0.25, -0.2) is 0 Å². The van der Waals surface area contributed by atoms with Gasteiger partial charge in [0.25, 0.3) is 0 Å². The van der Waals surface area contributed by atoms with Crippen LogP contribution in [0.15, 0.2) is 46.2 Å². The molecule has 0 radical (unpaired) electrons. The third kappa shape index (κ3) is 4.84. The topological polar surface area (TPSA) is 55.8 Å². The van der Waals surface area contributed by atoms with Gasteiger partial charge in [-0.2, -0.15) is 12.6 Å². The Bertz CT molecular complexity index is 679. The molecule has 122 valence electrons. The molecule has 4 nitrogen and oxygen atoms in total. The number of hydrogen-bond donors (Lipinski definition) is 2. The number of hydrogen-bond acceptors (Lipinski definition) is 5. The molecule has 0 spiro atoms. The van der Waals surface area contributed by atoms with Crippen molar-refractivity contribution in [2.45, 2.75) is 22.0 Å². The summed E-state index contributed by atoms with van der Waals surface area (Å²) in [5.41, 5.74) is 1.77. The highest BCUT2D eigenvalue weighted by Gasteiger charge is 2.11. The molecule has 0 fully saturated rings. The standard InChI is InChI=1S/C17H18O4S2/c1-20-13-7-14(21-2)9-15(8-13)23-16-4-3-11(10-22)5-12(16)6-17(18)19/h3-5,7-9,22H,6,10H2,1-2H3,(H,18,19). The van der Waals surface area contributed by atoms with Crippen LogP contribution < -0.4 is 9.47 Å². The maximum Gasteiger partial charge on any atom is 0.307 e. The molecule has 6 heteroatoms. The van der Waals surface area contributed by atoms with Crippen molar-refractivity contribution in [1.82, 2.24) is 0 Å². The minimum absolute atomic E-state index is 0.0228. The average molecular weight is 350 g/mol. The van der Waals surface area contributed by atoms with Crippen LogP contribution in [0.5, 0.6) is 11.5 Å². The Balaban J connectivity index is 2.37. The van der Waals surface area contributed by atoms with E-state index in [9.17, 15) is 4.79 Å². The van der Waals surface area contributed by atoms with E-state index >= 15 is 0 Å². The van der Waals surface area contributed by atoms with E-state index in [4.69, 9.17) is 14.6 Å². The summed E-state index contributed by atoms with van der Waals surface area (Å²) in [6, 6.07) is 11.4. The van der Waals surface area contributed by atoms with E-state index in [0.29, 0.717) is 17.3 Å². The Morgan fingerprint density at radius 2 is 1.78 bits per heavy atom. The molecule has 2 rings (SSSR count). The fourth-order valence-corrected chi connectivity index (χ4v) is 3.30. The van der Waals surface area contributed by atoms with Crippen LogP contribution in [0.3, 0.4) is 0 Å². The molecule has 2 aromatic rings. The van der Waals surface area contributed by atoms with Crippen molar-refractivity contribution in [1.29, 1.82) is 0 Å². The molecule has 0 aliphatic carbocycles. The van der Waals surface area contributed by atoms with Crippen molar-refractivity contribution < 1.29 is 19.4 Å². The van der Waals surface area contributed by atoms with Crippen LogP contribution in [0.1, 0.15) is 11.1 Å². The van der Waals surface area contributed by atoms with Gasteiger partial charge in [0.1, 0.15) is 11.5 Å². The highest BCUT2D eigenvalue weighted by Crippen LogP contribution is 2.36. The number of ether oxygens (including phenoxy) is 2. The number of benzene rings is 2. The van der Waals surface area contributed by atoms with Crippen molar-refractivity contribution >= 4 is 30.4 Å². The number of thiol groups is 1. The Labute approximate surface area is 145 Å². The quantitative estimate of drug-likeness (QED) is 0.742. The second-order valence-corrected chi connectivity index (χ2v) is 6.25. The molecule has 0 unspecified atom stereocenters. The zero-order valence-corrected chi connectivity index (χ0v) is 14.6. The molecule has 0 saturated heterocycles. The average Bonchev–Trinajstić information content (AvgIpc) is 2.55. The second-order valence-electron chi connectivity index (χ2n) is 4.82. The molecule has 0 saturated carbocycles. The molecule has 0 heterocycles. The van der Waals surface area contributed by atoms with E-state index in [1.165, 1.54) is 11.8 Å². The van der Waals surface area contributed by atoms with E-state index in [1.807, 2.05) is 30.3 Å². The molecule has 2 aromatic carbocycles. The summed E-state index contributed by atoms with van der Waals surface area (Å²) in [5.74, 6) is 1.11. The first kappa shape index (κ1) is 17.6. The predicted molar refractivity (Wildman–Crippen MR) is 94.1 cm³/mol. The first-order valence-electron chi connectivity index (χ1n) is 6.91. The summed E-state index contributed by atoms with van der Waals surface area (Å²) >= 11 is 5.73. The van der Waals surface area contributed by atoms with Crippen LogP contribution in [-0.4, -0.2) is 25.3 Å². The van der Waals surface area contributed by atoms with Gasteiger partial charge in [-0.1, -0.05) is 23.9 Å². The van der Waals surface area contributed by atoms with Gasteiger partial charge in [-0.05, 0) is 29.3 Å². The summed E-state index contributed by atoms with van der Waals surface area (Å²) in [5, 5.41) is 9.12. The van der Waals surface area contributed by atoms with Gasteiger partial charge < -0.3 is 14.6 Å². The predicted octanol–water partition coefficient (Wildman–Crippen LogP) is 3.91. The normalized spacial score (nSPS) is 10.4. The van der Waals surface area contributed by atoms with Crippen molar-refractivity contribution in [3.8, 4) is 11.5 Å². The van der Waals surface area contributed by atoms with Crippen molar-refractivity contribution in [2.75, 3.05) is 14.2 Å². The lowest BCUT2D eigenvalue weighted by Crippen LogP contribution is -2.02. The SMILES string of the molecule is COc1cc(OC)cc(Sc2ccc(CS)cc2CC(=O)O)c1. The van der Waals surface area contributed by atoms with E-state index < -0.39 is 5.97 Å². The molecule has 0 aliphatic rings. The number of carbonyl (C=O) groups is 1. The number of aliphatic carboxylic acids is 1. The summed E-state index contributed by atoms with van der Waals surface area (Å²) in [6.07, 6.45) is -0.0228. The summed E-state index contributed by atoms with van der Waals surface area (Å²) in [7, 11) is 3.20. The van der Waals surface area contributed by atoms with Gasteiger partial charge in [0.2, 0.25) is 0 Å². The fraction of sp³-hybridized carbons (Fsp3) is 0.235. The first-order valence-corrected chi connectivity index (χ1v) is 8.36. The zero-order chi connectivity index (χ0) is 16.8. The summed E-state index contributed by atoms with van der Waals surface area (Å²) < 4.78 is 10.5. The Morgan fingerprint density at radius 3 is 2.30 bits per heavy atom. The molecule has 0 aliphatic heterocycles. The third-order valence-corrected chi connectivity index (χ3v) is 4.66. The molecular weight excluding hydrogens is 332 g/mol. The number of carboxylic acids is 1. The minimum Gasteiger partial charge on any atom is -0.497 e. The second kappa shape index (κ2) is 8.17. The summed E-state index contributed by atoms with van der Waals surface area (Å²) in [6.45, 7) is 0. The van der Waals surface area contributed by atoms with E-state index in [2.05, 4.69) is 12.6 Å². The van der Waals surface area contributed by atoms with Gasteiger partial charge in [0.15, 0.2) is 0 Å². The van der Waals surface area contributed by atoms with Crippen molar-refractivity contribution in [3.63, 3.8) is 0 Å². The van der Waals surface area contributed by atoms with Crippen LogP contribution in [0.2, 0.25) is 0 Å². The Hall–Kier alpha value is -1.79. The fourth-order valence-electron chi connectivity index (χ4n) is 2.10. The van der Waals surface area contributed by atoms with E-state index in [1.54, 1.807) is 20.3 Å². The molecular formula is C17H18O4S2. The highest BCUT2D eigenvalue weighted by molar-refractivity contribution is 7.99. The van der Waals surface area contributed by atoms with Crippen LogP contribution in [0, 0.1) is 0 Å². The highest BCUT2D eigenvalue weighted by atomic mass is 32.2. The van der Waals surface area contributed by atoms with Crippen LogP contribution in [0.4, 0.5) is 0 Å². The summed E-state index contributed by atoms with van der Waals surface area (Å²) in [4.78, 5) is 12.9.